The van der Waals surface area contributed by atoms with Crippen LogP contribution in [-0.4, -0.2) is 29.3 Å². The van der Waals surface area contributed by atoms with Crippen LogP contribution in [0.4, 0.5) is 0 Å². The number of ether oxygens (including phenoxy) is 2. The zero-order chi connectivity index (χ0) is 13.1. The Balaban J connectivity index is 2.10. The van der Waals surface area contributed by atoms with Crippen molar-refractivity contribution in [3.05, 3.63) is 16.5 Å². The molecule has 0 saturated heterocycles. The number of halogens is 1. The molecule has 1 aliphatic carbocycles. The molecule has 0 radical (unpaired) electrons. The van der Waals surface area contributed by atoms with Crippen molar-refractivity contribution in [3.8, 4) is 5.88 Å². The lowest BCUT2D eigenvalue weighted by molar-refractivity contribution is 0.0627. The van der Waals surface area contributed by atoms with Crippen LogP contribution in [0.3, 0.4) is 0 Å². The third-order valence-corrected chi connectivity index (χ3v) is 3.24. The number of nitrogens with zero attached hydrogens (tertiary/aromatic N) is 2. The number of rotatable bonds is 6. The normalized spacial score (nSPS) is 16.7. The van der Waals surface area contributed by atoms with Crippen LogP contribution in [0.2, 0.25) is 5.15 Å². The molecular weight excluding hydrogens is 252 g/mol. The molecule has 1 aromatic rings. The summed E-state index contributed by atoms with van der Waals surface area (Å²) in [6.45, 7) is 7.04. The Hall–Kier alpha value is -0.870. The first-order valence-corrected chi connectivity index (χ1v) is 6.78. The van der Waals surface area contributed by atoms with Crippen molar-refractivity contribution in [1.29, 1.82) is 0 Å². The summed E-state index contributed by atoms with van der Waals surface area (Å²) in [5.41, 5.74) is 0.796. The van der Waals surface area contributed by atoms with Crippen molar-refractivity contribution >= 4 is 11.6 Å². The average Bonchev–Trinajstić information content (AvgIpc) is 3.16. The van der Waals surface area contributed by atoms with Crippen molar-refractivity contribution < 1.29 is 9.47 Å². The van der Waals surface area contributed by atoms with Gasteiger partial charge >= 0.3 is 0 Å². The smallest absolute Gasteiger partial charge is 0.221 e. The molecule has 1 saturated carbocycles. The number of hydrogen-bond acceptors (Lipinski definition) is 4. The van der Waals surface area contributed by atoms with Crippen LogP contribution in [0.25, 0.3) is 0 Å². The zero-order valence-corrected chi connectivity index (χ0v) is 11.8. The van der Waals surface area contributed by atoms with Crippen LogP contribution < -0.4 is 4.74 Å². The van der Waals surface area contributed by atoms with Gasteiger partial charge in [0.25, 0.3) is 0 Å². The second kappa shape index (κ2) is 5.85. The Morgan fingerprint density at radius 2 is 2.11 bits per heavy atom. The first-order chi connectivity index (χ1) is 8.61. The summed E-state index contributed by atoms with van der Waals surface area (Å²) in [4.78, 5) is 8.78. The quantitative estimate of drug-likeness (QED) is 0.745. The average molecular weight is 271 g/mol. The van der Waals surface area contributed by atoms with Crippen LogP contribution >= 0.6 is 11.6 Å². The summed E-state index contributed by atoms with van der Waals surface area (Å²) >= 11 is 6.12. The SMILES string of the molecule is CCOCC(C)Oc1nc(C2CC2)nc(Cl)c1C. The minimum Gasteiger partial charge on any atom is -0.472 e. The van der Waals surface area contributed by atoms with Gasteiger partial charge in [-0.15, -0.1) is 0 Å². The fraction of sp³-hybridized carbons (Fsp3) is 0.692. The van der Waals surface area contributed by atoms with Gasteiger partial charge in [0.1, 0.15) is 17.1 Å². The van der Waals surface area contributed by atoms with Crippen LogP contribution in [0.1, 0.15) is 44.0 Å². The van der Waals surface area contributed by atoms with Crippen LogP contribution in [-0.2, 0) is 4.74 Å². The highest BCUT2D eigenvalue weighted by Gasteiger charge is 2.28. The summed E-state index contributed by atoms with van der Waals surface area (Å²) in [6, 6.07) is 0. The minimum absolute atomic E-state index is 0.0401. The topological polar surface area (TPSA) is 44.2 Å². The van der Waals surface area contributed by atoms with Crippen molar-refractivity contribution in [2.45, 2.75) is 45.6 Å². The van der Waals surface area contributed by atoms with Crippen molar-refractivity contribution in [3.63, 3.8) is 0 Å². The molecule has 2 rings (SSSR count). The van der Waals surface area contributed by atoms with E-state index in [4.69, 9.17) is 21.1 Å². The molecular formula is C13H19ClN2O2. The van der Waals surface area contributed by atoms with E-state index in [1.807, 2.05) is 20.8 Å². The molecule has 4 nitrogen and oxygen atoms in total. The summed E-state index contributed by atoms with van der Waals surface area (Å²) < 4.78 is 11.1. The summed E-state index contributed by atoms with van der Waals surface area (Å²) in [6.07, 6.45) is 2.25. The maximum absolute atomic E-state index is 6.12. The van der Waals surface area contributed by atoms with Gasteiger partial charge in [-0.1, -0.05) is 11.6 Å². The summed E-state index contributed by atoms with van der Waals surface area (Å²) in [5, 5.41) is 0.491. The maximum atomic E-state index is 6.12. The predicted octanol–water partition coefficient (Wildman–Crippen LogP) is 3.12. The Morgan fingerprint density at radius 3 is 2.72 bits per heavy atom. The van der Waals surface area contributed by atoms with Crippen LogP contribution in [0.15, 0.2) is 0 Å². The van der Waals surface area contributed by atoms with E-state index in [0.717, 1.165) is 24.2 Å². The van der Waals surface area contributed by atoms with Gasteiger partial charge in [-0.05, 0) is 33.6 Å². The van der Waals surface area contributed by atoms with Crippen LogP contribution in [0, 0.1) is 6.92 Å². The highest BCUT2D eigenvalue weighted by molar-refractivity contribution is 6.30. The Kier molecular flexibility index (Phi) is 4.40. The third-order valence-electron chi connectivity index (χ3n) is 2.87. The van der Waals surface area contributed by atoms with E-state index in [0.29, 0.717) is 30.2 Å². The molecule has 1 fully saturated rings. The van der Waals surface area contributed by atoms with Gasteiger partial charge in [0.2, 0.25) is 5.88 Å². The molecule has 1 unspecified atom stereocenters. The lowest BCUT2D eigenvalue weighted by Crippen LogP contribution is -2.20. The van der Waals surface area contributed by atoms with E-state index < -0.39 is 0 Å². The summed E-state index contributed by atoms with van der Waals surface area (Å²) in [5.74, 6) is 1.86. The van der Waals surface area contributed by atoms with Gasteiger partial charge in [-0.3, -0.25) is 0 Å². The van der Waals surface area contributed by atoms with E-state index in [1.165, 1.54) is 0 Å². The van der Waals surface area contributed by atoms with Gasteiger partial charge in [0.15, 0.2) is 0 Å². The molecule has 0 N–H and O–H groups in total. The molecule has 0 aromatic carbocycles. The Bertz CT molecular complexity index is 422. The first-order valence-electron chi connectivity index (χ1n) is 6.40. The fourth-order valence-electron chi connectivity index (χ4n) is 1.63. The van der Waals surface area contributed by atoms with E-state index in [-0.39, 0.29) is 6.10 Å². The highest BCUT2D eigenvalue weighted by atomic mass is 35.5. The molecule has 1 aliphatic rings. The second-order valence-electron chi connectivity index (χ2n) is 4.66. The predicted molar refractivity (Wildman–Crippen MR) is 70.3 cm³/mol. The second-order valence-corrected chi connectivity index (χ2v) is 5.02. The van der Waals surface area contributed by atoms with Gasteiger partial charge in [0, 0.05) is 18.1 Å². The molecule has 18 heavy (non-hydrogen) atoms. The number of hydrogen-bond donors (Lipinski definition) is 0. The molecule has 1 aromatic heterocycles. The molecule has 0 amide bonds. The van der Waals surface area contributed by atoms with Crippen LogP contribution in [0.5, 0.6) is 5.88 Å². The standard InChI is InChI=1S/C13H19ClN2O2/c1-4-17-7-8(2)18-13-9(3)11(14)15-12(16-13)10-5-6-10/h8,10H,4-7H2,1-3H3. The van der Waals surface area contributed by atoms with Gasteiger partial charge < -0.3 is 9.47 Å². The highest BCUT2D eigenvalue weighted by Crippen LogP contribution is 2.39. The van der Waals surface area contributed by atoms with Crippen molar-refractivity contribution in [2.75, 3.05) is 13.2 Å². The maximum Gasteiger partial charge on any atom is 0.221 e. The van der Waals surface area contributed by atoms with Gasteiger partial charge in [-0.25, -0.2) is 4.98 Å². The molecule has 5 heteroatoms. The van der Waals surface area contributed by atoms with Gasteiger partial charge in [0.05, 0.1) is 6.61 Å². The fourth-order valence-corrected chi connectivity index (χ4v) is 1.80. The van der Waals surface area contributed by atoms with E-state index in [2.05, 4.69) is 9.97 Å². The summed E-state index contributed by atoms with van der Waals surface area (Å²) in [7, 11) is 0. The Labute approximate surface area is 113 Å². The first kappa shape index (κ1) is 13.6. The number of aromatic nitrogens is 2. The molecule has 0 spiro atoms. The van der Waals surface area contributed by atoms with Crippen molar-refractivity contribution in [2.24, 2.45) is 0 Å². The lowest BCUT2D eigenvalue weighted by Gasteiger charge is -2.16. The zero-order valence-electron chi connectivity index (χ0n) is 11.1. The molecule has 100 valence electrons. The van der Waals surface area contributed by atoms with E-state index in [1.54, 1.807) is 0 Å². The van der Waals surface area contributed by atoms with Gasteiger partial charge in [-0.2, -0.15) is 4.98 Å². The monoisotopic (exact) mass is 270 g/mol. The molecule has 1 heterocycles. The van der Waals surface area contributed by atoms with E-state index >= 15 is 0 Å². The van der Waals surface area contributed by atoms with E-state index in [9.17, 15) is 0 Å². The largest absolute Gasteiger partial charge is 0.472 e. The Morgan fingerprint density at radius 1 is 1.39 bits per heavy atom. The molecule has 0 bridgehead atoms. The minimum atomic E-state index is -0.0401. The third kappa shape index (κ3) is 3.33. The molecule has 1 atom stereocenters. The molecule has 0 aliphatic heterocycles. The van der Waals surface area contributed by atoms with Crippen molar-refractivity contribution in [1.82, 2.24) is 9.97 Å². The lowest BCUT2D eigenvalue weighted by atomic mass is 10.3.